The molecule has 0 bridgehead atoms. The van der Waals surface area contributed by atoms with Gasteiger partial charge in [-0.2, -0.15) is 0 Å². The molecule has 0 saturated heterocycles. The molecule has 0 heterocycles. The lowest BCUT2D eigenvalue weighted by Crippen LogP contribution is -2.32. The second kappa shape index (κ2) is 6.11. The minimum absolute atomic E-state index is 0.0722. The number of benzene rings is 1. The van der Waals surface area contributed by atoms with Gasteiger partial charge in [0.05, 0.1) is 6.42 Å². The van der Waals surface area contributed by atoms with Gasteiger partial charge in [-0.05, 0) is 24.7 Å². The van der Waals surface area contributed by atoms with Crippen molar-refractivity contribution < 1.29 is 24.2 Å². The Morgan fingerprint density at radius 3 is 2.56 bits per heavy atom. The van der Waals surface area contributed by atoms with Crippen LogP contribution in [0.5, 0.6) is 0 Å². The molecule has 2 N–H and O–H groups in total. The van der Waals surface area contributed by atoms with Crippen LogP contribution in [0.25, 0.3) is 0 Å². The summed E-state index contributed by atoms with van der Waals surface area (Å²) < 4.78 is 13.1. The summed E-state index contributed by atoms with van der Waals surface area (Å²) in [5, 5.41) is 17.7. The number of hydrogen-bond donors (Lipinski definition) is 2. The number of hydrogen-bond acceptors (Lipinski definition) is 3. The zero-order valence-corrected chi connectivity index (χ0v) is 9.84. The topological polar surface area (TPSA) is 77.8 Å². The molecule has 0 aliphatic carbocycles. The fourth-order valence-corrected chi connectivity index (χ4v) is 1.66. The molecule has 0 fully saturated rings. The first-order valence-corrected chi connectivity index (χ1v) is 5.32. The highest BCUT2D eigenvalue weighted by molar-refractivity contribution is 5.75. The van der Waals surface area contributed by atoms with Gasteiger partial charge in [-0.15, -0.1) is 0 Å². The van der Waals surface area contributed by atoms with Crippen LogP contribution in [0.1, 0.15) is 18.0 Å². The molecule has 1 atom stereocenters. The summed E-state index contributed by atoms with van der Waals surface area (Å²) in [6.45, 7) is 0.0722. The molecule has 0 aromatic heterocycles. The molecule has 0 radical (unpaired) electrons. The van der Waals surface area contributed by atoms with E-state index in [1.165, 1.54) is 30.1 Å². The third-order valence-electron chi connectivity index (χ3n) is 2.52. The number of carboxylic acid groups (broad SMARTS) is 2. The van der Waals surface area contributed by atoms with Crippen molar-refractivity contribution in [3.05, 3.63) is 35.6 Å². The quantitative estimate of drug-likeness (QED) is 0.802. The summed E-state index contributed by atoms with van der Waals surface area (Å²) in [5.74, 6) is -2.68. The van der Waals surface area contributed by atoms with Gasteiger partial charge in [0.1, 0.15) is 11.9 Å². The summed E-state index contributed by atoms with van der Waals surface area (Å²) in [4.78, 5) is 23.0. The van der Waals surface area contributed by atoms with Gasteiger partial charge >= 0.3 is 11.9 Å². The lowest BCUT2D eigenvalue weighted by atomic mass is 10.1. The second-order valence-electron chi connectivity index (χ2n) is 3.92. The molecule has 18 heavy (non-hydrogen) atoms. The van der Waals surface area contributed by atoms with E-state index in [1.54, 1.807) is 0 Å². The van der Waals surface area contributed by atoms with Crippen molar-refractivity contribution in [3.63, 3.8) is 0 Å². The van der Waals surface area contributed by atoms with Crippen LogP contribution in [-0.2, 0) is 9.59 Å². The third kappa shape index (κ3) is 3.81. The van der Waals surface area contributed by atoms with E-state index in [1.807, 2.05) is 0 Å². The van der Waals surface area contributed by atoms with Crippen LogP contribution >= 0.6 is 0 Å². The van der Waals surface area contributed by atoms with E-state index in [2.05, 4.69) is 0 Å². The number of likely N-dealkylation sites (N-methyl/N-ethyl adjacent to an activating group) is 1. The van der Waals surface area contributed by atoms with Gasteiger partial charge in [-0.1, -0.05) is 12.1 Å². The minimum Gasteiger partial charge on any atom is -0.481 e. The van der Waals surface area contributed by atoms with Crippen molar-refractivity contribution in [2.45, 2.75) is 12.5 Å². The van der Waals surface area contributed by atoms with Gasteiger partial charge in [0, 0.05) is 6.54 Å². The van der Waals surface area contributed by atoms with Gasteiger partial charge in [0.25, 0.3) is 0 Å². The fraction of sp³-hybridized carbons (Fsp3) is 0.333. The highest BCUT2D eigenvalue weighted by Gasteiger charge is 2.25. The Labute approximate surface area is 103 Å². The van der Waals surface area contributed by atoms with Crippen LogP contribution in [0.3, 0.4) is 0 Å². The summed E-state index contributed by atoms with van der Waals surface area (Å²) in [6.07, 6.45) is -0.171. The molecule has 0 saturated carbocycles. The minimum atomic E-state index is -1.14. The van der Waals surface area contributed by atoms with Gasteiger partial charge in [-0.3, -0.25) is 14.5 Å². The van der Waals surface area contributed by atoms with Crippen LogP contribution in [0.4, 0.5) is 4.39 Å². The van der Waals surface area contributed by atoms with Crippen molar-refractivity contribution in [2.75, 3.05) is 13.6 Å². The largest absolute Gasteiger partial charge is 0.481 e. The van der Waals surface area contributed by atoms with E-state index < -0.39 is 23.8 Å². The molecule has 0 aliphatic heterocycles. The van der Waals surface area contributed by atoms with Gasteiger partial charge < -0.3 is 10.2 Å². The predicted octanol–water partition coefficient (Wildman–Crippen LogP) is 1.36. The SMILES string of the molecule is CN(CCC(=O)O)C(C(=O)O)c1cccc(F)c1. The maximum absolute atomic E-state index is 13.1. The predicted molar refractivity (Wildman–Crippen MR) is 61.7 cm³/mol. The number of rotatable bonds is 6. The molecule has 1 rings (SSSR count). The first kappa shape index (κ1) is 14.1. The monoisotopic (exact) mass is 255 g/mol. The van der Waals surface area contributed by atoms with Crippen molar-refractivity contribution >= 4 is 11.9 Å². The Balaban J connectivity index is 2.89. The molecule has 0 spiro atoms. The lowest BCUT2D eigenvalue weighted by Gasteiger charge is -2.24. The smallest absolute Gasteiger partial charge is 0.325 e. The molecule has 1 aromatic rings. The highest BCUT2D eigenvalue weighted by atomic mass is 19.1. The molecular formula is C12H14FNO4. The third-order valence-corrected chi connectivity index (χ3v) is 2.52. The van der Waals surface area contributed by atoms with Crippen molar-refractivity contribution in [3.8, 4) is 0 Å². The van der Waals surface area contributed by atoms with Crippen LogP contribution < -0.4 is 0 Å². The molecule has 98 valence electrons. The first-order valence-electron chi connectivity index (χ1n) is 5.32. The van der Waals surface area contributed by atoms with Gasteiger partial charge in [0.15, 0.2) is 0 Å². The zero-order valence-electron chi connectivity index (χ0n) is 9.84. The van der Waals surface area contributed by atoms with Crippen LogP contribution in [0.15, 0.2) is 24.3 Å². The van der Waals surface area contributed by atoms with E-state index >= 15 is 0 Å². The number of aliphatic carboxylic acids is 2. The normalized spacial score (nSPS) is 12.4. The summed E-state index contributed by atoms with van der Waals surface area (Å²) in [6, 6.07) is 4.22. The second-order valence-corrected chi connectivity index (χ2v) is 3.92. The first-order chi connectivity index (χ1) is 8.41. The molecule has 5 nitrogen and oxygen atoms in total. The molecular weight excluding hydrogens is 241 g/mol. The average molecular weight is 255 g/mol. The summed E-state index contributed by atoms with van der Waals surface area (Å²) in [5.41, 5.74) is 0.287. The average Bonchev–Trinajstić information content (AvgIpc) is 2.26. The van der Waals surface area contributed by atoms with E-state index in [0.29, 0.717) is 0 Å². The molecule has 0 aliphatic rings. The van der Waals surface area contributed by atoms with E-state index in [4.69, 9.17) is 10.2 Å². The van der Waals surface area contributed by atoms with E-state index in [-0.39, 0.29) is 18.5 Å². The standard InChI is InChI=1S/C12H14FNO4/c1-14(6-5-10(15)16)11(12(17)18)8-3-2-4-9(13)7-8/h2-4,7,11H,5-6H2,1H3,(H,15,16)(H,17,18). The van der Waals surface area contributed by atoms with Crippen LogP contribution in [0.2, 0.25) is 0 Å². The Morgan fingerprint density at radius 2 is 2.06 bits per heavy atom. The highest BCUT2D eigenvalue weighted by Crippen LogP contribution is 2.20. The maximum atomic E-state index is 13.1. The van der Waals surface area contributed by atoms with Crippen LogP contribution in [0, 0.1) is 5.82 Å². The Bertz CT molecular complexity index is 449. The number of nitrogens with zero attached hydrogens (tertiary/aromatic N) is 1. The Kier molecular flexibility index (Phi) is 4.79. The Morgan fingerprint density at radius 1 is 1.39 bits per heavy atom. The van der Waals surface area contributed by atoms with Crippen molar-refractivity contribution in [1.29, 1.82) is 0 Å². The van der Waals surface area contributed by atoms with Crippen LogP contribution in [-0.4, -0.2) is 40.6 Å². The van der Waals surface area contributed by atoms with Gasteiger partial charge in [0.2, 0.25) is 0 Å². The Hall–Kier alpha value is -1.95. The number of carboxylic acids is 2. The fourth-order valence-electron chi connectivity index (χ4n) is 1.66. The molecule has 0 amide bonds. The van der Waals surface area contributed by atoms with E-state index in [0.717, 1.165) is 6.07 Å². The van der Waals surface area contributed by atoms with Gasteiger partial charge in [-0.25, -0.2) is 4.39 Å². The molecule has 6 heteroatoms. The van der Waals surface area contributed by atoms with Crippen molar-refractivity contribution in [2.24, 2.45) is 0 Å². The molecule has 1 unspecified atom stereocenters. The lowest BCUT2D eigenvalue weighted by molar-refractivity contribution is -0.144. The summed E-state index contributed by atoms with van der Waals surface area (Å²) in [7, 11) is 1.49. The van der Waals surface area contributed by atoms with Crippen molar-refractivity contribution in [1.82, 2.24) is 4.90 Å². The van der Waals surface area contributed by atoms with E-state index in [9.17, 15) is 14.0 Å². The zero-order chi connectivity index (χ0) is 13.7. The molecule has 1 aromatic carbocycles. The number of carbonyl (C=O) groups is 2. The summed E-state index contributed by atoms with van der Waals surface area (Å²) >= 11 is 0. The maximum Gasteiger partial charge on any atom is 0.325 e. The number of halogens is 1.